The van der Waals surface area contributed by atoms with Crippen LogP contribution < -0.4 is 0 Å². The number of carbonyl (C=O) groups is 2. The molecule has 57 heavy (non-hydrogen) atoms. The van der Waals surface area contributed by atoms with Gasteiger partial charge in [0, 0.05) is 12.8 Å². The van der Waals surface area contributed by atoms with E-state index in [0.717, 1.165) is 51.4 Å². The Morgan fingerprint density at radius 2 is 1.00 bits per heavy atom. The van der Waals surface area contributed by atoms with Crippen LogP contribution in [0.4, 0.5) is 0 Å². The van der Waals surface area contributed by atoms with Crippen LogP contribution >= 0.6 is 7.82 Å². The van der Waals surface area contributed by atoms with E-state index in [1.807, 2.05) is 12.2 Å². The average molecular weight is 829 g/mol. The summed E-state index contributed by atoms with van der Waals surface area (Å²) in [6, 6.07) is 0. The van der Waals surface area contributed by atoms with Gasteiger partial charge in [0.15, 0.2) is 6.10 Å². The van der Waals surface area contributed by atoms with Gasteiger partial charge >= 0.3 is 19.8 Å². The molecule has 1 saturated carbocycles. The second-order valence-electron chi connectivity index (χ2n) is 14.5. The smallest absolute Gasteiger partial charge is 0.462 e. The highest BCUT2D eigenvalue weighted by Crippen LogP contribution is 2.47. The summed E-state index contributed by atoms with van der Waals surface area (Å²) in [5, 5.41) is 50.0. The Morgan fingerprint density at radius 1 is 0.561 bits per heavy atom. The van der Waals surface area contributed by atoms with Gasteiger partial charge in [-0.05, 0) is 51.4 Å². The number of ether oxygens (including phenoxy) is 2. The molecule has 8 atom stereocenters. The first kappa shape index (κ1) is 52.6. The molecule has 1 fully saturated rings. The minimum Gasteiger partial charge on any atom is -0.462 e. The minimum absolute atomic E-state index is 0.0172. The zero-order valence-electron chi connectivity index (χ0n) is 34.4. The van der Waals surface area contributed by atoms with Gasteiger partial charge in [-0.25, -0.2) is 4.57 Å². The van der Waals surface area contributed by atoms with E-state index in [2.05, 4.69) is 62.5 Å². The highest BCUT2D eigenvalue weighted by atomic mass is 31.2. The number of esters is 2. The SMILES string of the molecule is CC/C=C\C/C=C\C/C=C\C/C=C\C/C=C\CCCC(=O)O[C@H](COC(=O)CCCCCCCCCCCCC)COP(=O)(O)OC1C(O)C(O)C(O)[C@@H](O)C1O. The molecule has 0 saturated heterocycles. The zero-order valence-corrected chi connectivity index (χ0v) is 35.3. The van der Waals surface area contributed by atoms with Crippen LogP contribution in [0.1, 0.15) is 142 Å². The highest BCUT2D eigenvalue weighted by molar-refractivity contribution is 7.47. The predicted molar refractivity (Wildman–Crippen MR) is 221 cm³/mol. The fourth-order valence-corrected chi connectivity index (χ4v) is 6.94. The fraction of sp³-hybridized carbons (Fsp3) is 0.721. The van der Waals surface area contributed by atoms with E-state index in [-0.39, 0.29) is 12.8 Å². The van der Waals surface area contributed by atoms with Crippen LogP contribution in [0.2, 0.25) is 0 Å². The maximum Gasteiger partial charge on any atom is 0.472 e. The molecule has 0 bridgehead atoms. The number of hydrogen-bond donors (Lipinski definition) is 6. The molecule has 0 spiro atoms. The van der Waals surface area contributed by atoms with Crippen molar-refractivity contribution in [2.75, 3.05) is 13.2 Å². The second kappa shape index (κ2) is 33.4. The Labute approximate surface area is 341 Å². The molecule has 1 rings (SSSR count). The van der Waals surface area contributed by atoms with E-state index >= 15 is 0 Å². The molecular formula is C43H73O13P. The number of phosphoric ester groups is 1. The van der Waals surface area contributed by atoms with E-state index in [0.29, 0.717) is 19.3 Å². The number of hydrogen-bond acceptors (Lipinski definition) is 12. The minimum atomic E-state index is -5.13. The molecular weight excluding hydrogens is 755 g/mol. The number of aliphatic hydroxyl groups excluding tert-OH is 5. The lowest BCUT2D eigenvalue weighted by Crippen LogP contribution is -2.64. The van der Waals surface area contributed by atoms with Gasteiger partial charge in [0.25, 0.3) is 0 Å². The molecule has 0 amide bonds. The summed E-state index contributed by atoms with van der Waals surface area (Å²) in [6.07, 6.45) is 25.8. The third-order valence-electron chi connectivity index (χ3n) is 9.37. The van der Waals surface area contributed by atoms with Gasteiger partial charge in [-0.2, -0.15) is 0 Å². The number of unbranched alkanes of at least 4 members (excludes halogenated alkanes) is 11. The first-order valence-electron chi connectivity index (χ1n) is 21.1. The lowest BCUT2D eigenvalue weighted by molar-refractivity contribution is -0.220. The van der Waals surface area contributed by atoms with E-state index in [9.17, 15) is 44.6 Å². The molecule has 0 aromatic carbocycles. The van der Waals surface area contributed by atoms with Gasteiger partial charge in [-0.1, -0.05) is 139 Å². The quantitative estimate of drug-likeness (QED) is 0.0165. The van der Waals surface area contributed by atoms with Crippen LogP contribution in [-0.4, -0.2) is 98.3 Å². The van der Waals surface area contributed by atoms with Crippen molar-refractivity contribution in [1.29, 1.82) is 0 Å². The molecule has 0 heterocycles. The van der Waals surface area contributed by atoms with Crippen molar-refractivity contribution in [3.8, 4) is 0 Å². The Balaban J connectivity index is 2.56. The average Bonchev–Trinajstić information content (AvgIpc) is 3.19. The normalized spacial score (nSPS) is 23.3. The highest BCUT2D eigenvalue weighted by Gasteiger charge is 2.51. The van der Waals surface area contributed by atoms with Crippen molar-refractivity contribution in [3.63, 3.8) is 0 Å². The Bertz CT molecular complexity index is 1230. The van der Waals surface area contributed by atoms with E-state index in [1.54, 1.807) is 0 Å². The monoisotopic (exact) mass is 828 g/mol. The first-order valence-corrected chi connectivity index (χ1v) is 22.6. The Morgan fingerprint density at radius 3 is 1.51 bits per heavy atom. The van der Waals surface area contributed by atoms with Crippen LogP contribution in [0.5, 0.6) is 0 Å². The molecule has 0 aromatic rings. The largest absolute Gasteiger partial charge is 0.472 e. The van der Waals surface area contributed by atoms with Crippen LogP contribution in [-0.2, 0) is 32.7 Å². The number of allylic oxidation sites excluding steroid dienone is 10. The lowest BCUT2D eigenvalue weighted by Gasteiger charge is -2.41. The molecule has 1 aliphatic rings. The number of phosphoric acid groups is 1. The summed E-state index contributed by atoms with van der Waals surface area (Å²) in [5.74, 6) is -1.17. The van der Waals surface area contributed by atoms with E-state index < -0.39 is 75.7 Å². The summed E-state index contributed by atoms with van der Waals surface area (Å²) in [7, 11) is -5.13. The number of carbonyl (C=O) groups excluding carboxylic acids is 2. The third kappa shape index (κ3) is 26.3. The summed E-state index contributed by atoms with van der Waals surface area (Å²) in [6.45, 7) is 3.10. The standard InChI is InChI=1S/C43H73O13P/c1-3-5-7-9-11-13-15-16-17-18-19-20-22-24-26-28-30-32-37(45)55-35(33-53-36(44)31-29-27-25-23-21-14-12-10-8-6-4-2)34-54-57(51,52)56-43-41(49)39(47)38(46)40(48)42(43)50/h5,7,11,13,16-17,19-20,24,26,35,38-43,46-50H,3-4,6,8-10,12,14-15,18,21-23,25,27-34H2,1-2H3,(H,51,52)/b7-5-,13-11-,17-16-,20-19-,26-24-/t35-,38?,39-,40?,41?,42?,43?/m1/s1. The van der Waals surface area contributed by atoms with Gasteiger partial charge in [-0.3, -0.25) is 18.6 Å². The number of aliphatic hydroxyl groups is 5. The van der Waals surface area contributed by atoms with Crippen molar-refractivity contribution in [2.24, 2.45) is 0 Å². The topological polar surface area (TPSA) is 210 Å². The second-order valence-corrected chi connectivity index (χ2v) is 15.9. The molecule has 13 nitrogen and oxygen atoms in total. The van der Waals surface area contributed by atoms with Gasteiger partial charge in [0.05, 0.1) is 6.61 Å². The maximum atomic E-state index is 12.8. The fourth-order valence-electron chi connectivity index (χ4n) is 5.97. The molecule has 6 unspecified atom stereocenters. The van der Waals surface area contributed by atoms with Crippen molar-refractivity contribution >= 4 is 19.8 Å². The van der Waals surface area contributed by atoms with Crippen LogP contribution in [0, 0.1) is 0 Å². The molecule has 6 N–H and O–H groups in total. The molecule has 14 heteroatoms. The molecule has 0 radical (unpaired) electrons. The lowest BCUT2D eigenvalue weighted by atomic mass is 9.85. The third-order valence-corrected chi connectivity index (χ3v) is 10.4. The summed E-state index contributed by atoms with van der Waals surface area (Å²) < 4.78 is 33.3. The first-order chi connectivity index (χ1) is 27.4. The number of rotatable bonds is 33. The van der Waals surface area contributed by atoms with Crippen LogP contribution in [0.25, 0.3) is 0 Å². The van der Waals surface area contributed by atoms with Gasteiger partial charge in [0.2, 0.25) is 0 Å². The molecule has 1 aliphatic carbocycles. The van der Waals surface area contributed by atoms with Crippen molar-refractivity contribution in [1.82, 2.24) is 0 Å². The van der Waals surface area contributed by atoms with Crippen molar-refractivity contribution < 1.29 is 63.1 Å². The van der Waals surface area contributed by atoms with Gasteiger partial charge in [0.1, 0.15) is 43.2 Å². The maximum absolute atomic E-state index is 12.8. The Kier molecular flexibility index (Phi) is 30.8. The summed E-state index contributed by atoms with van der Waals surface area (Å²) in [5.41, 5.74) is 0. The molecule has 328 valence electrons. The zero-order chi connectivity index (χ0) is 42.2. The predicted octanol–water partition coefficient (Wildman–Crippen LogP) is 7.38. The summed E-state index contributed by atoms with van der Waals surface area (Å²) >= 11 is 0. The van der Waals surface area contributed by atoms with Crippen molar-refractivity contribution in [2.45, 2.75) is 185 Å². The van der Waals surface area contributed by atoms with Gasteiger partial charge in [-0.15, -0.1) is 0 Å². The van der Waals surface area contributed by atoms with Crippen LogP contribution in [0.15, 0.2) is 60.8 Å². The van der Waals surface area contributed by atoms with Crippen LogP contribution in [0.3, 0.4) is 0 Å². The van der Waals surface area contributed by atoms with Crippen molar-refractivity contribution in [3.05, 3.63) is 60.8 Å². The summed E-state index contributed by atoms with van der Waals surface area (Å²) in [4.78, 5) is 35.5. The molecule has 0 aromatic heterocycles. The van der Waals surface area contributed by atoms with E-state index in [4.69, 9.17) is 18.5 Å². The Hall–Kier alpha value is -2.45. The van der Waals surface area contributed by atoms with Gasteiger partial charge < -0.3 is 39.9 Å². The van der Waals surface area contributed by atoms with E-state index in [1.165, 1.54) is 44.9 Å². The molecule has 0 aliphatic heterocycles.